The van der Waals surface area contributed by atoms with Gasteiger partial charge in [-0.2, -0.15) is 0 Å². The molecule has 0 spiro atoms. The Hall–Kier alpha value is -1.55. The predicted molar refractivity (Wildman–Crippen MR) is 73.4 cm³/mol. The number of carboxylic acid groups (broad SMARTS) is 1. The van der Waals surface area contributed by atoms with Gasteiger partial charge >= 0.3 is 5.97 Å². The molecule has 0 amide bonds. The molecule has 4 nitrogen and oxygen atoms in total. The van der Waals surface area contributed by atoms with E-state index in [9.17, 15) is 9.90 Å². The van der Waals surface area contributed by atoms with Crippen molar-refractivity contribution in [2.75, 3.05) is 12.8 Å². The number of hydrogen-bond donors (Lipinski definition) is 2. The van der Waals surface area contributed by atoms with Crippen molar-refractivity contribution in [3.63, 3.8) is 0 Å². The largest absolute Gasteiger partial charge is 0.480 e. The molecule has 100 valence electrons. The summed E-state index contributed by atoms with van der Waals surface area (Å²) in [4.78, 5) is 13.2. The molecule has 0 aliphatic carbocycles. The number of aliphatic carboxylic acids is 1. The van der Waals surface area contributed by atoms with Gasteiger partial charge in [-0.15, -0.1) is 0 Å². The Balaban J connectivity index is 2.87. The van der Waals surface area contributed by atoms with Crippen LogP contribution < -0.4 is 5.73 Å². The van der Waals surface area contributed by atoms with E-state index in [1.54, 1.807) is 0 Å². The Morgan fingerprint density at radius 1 is 1.50 bits per heavy atom. The van der Waals surface area contributed by atoms with Gasteiger partial charge in [-0.3, -0.25) is 9.69 Å². The molecule has 2 unspecified atom stereocenters. The summed E-state index contributed by atoms with van der Waals surface area (Å²) in [7, 11) is 1.85. The first-order valence-electron chi connectivity index (χ1n) is 6.27. The van der Waals surface area contributed by atoms with Crippen LogP contribution in [-0.2, 0) is 4.79 Å². The fraction of sp³-hybridized carbons (Fsp3) is 0.500. The third-order valence-electron chi connectivity index (χ3n) is 3.34. The van der Waals surface area contributed by atoms with Crippen molar-refractivity contribution in [1.82, 2.24) is 4.90 Å². The summed E-state index contributed by atoms with van der Waals surface area (Å²) >= 11 is 0. The highest BCUT2D eigenvalue weighted by molar-refractivity contribution is 5.73. The van der Waals surface area contributed by atoms with Crippen LogP contribution in [0.3, 0.4) is 0 Å². The summed E-state index contributed by atoms with van der Waals surface area (Å²) in [6.45, 7) is 4.00. The van der Waals surface area contributed by atoms with E-state index in [1.807, 2.05) is 50.1 Å². The second-order valence-electron chi connectivity index (χ2n) is 4.65. The van der Waals surface area contributed by atoms with Crippen LogP contribution >= 0.6 is 0 Å². The van der Waals surface area contributed by atoms with Gasteiger partial charge in [0.2, 0.25) is 0 Å². The molecule has 0 heterocycles. The van der Waals surface area contributed by atoms with E-state index in [4.69, 9.17) is 5.73 Å². The molecule has 1 aromatic carbocycles. The Morgan fingerprint density at radius 3 is 2.67 bits per heavy atom. The number of benzene rings is 1. The molecule has 0 saturated carbocycles. The third kappa shape index (κ3) is 3.47. The first kappa shape index (κ1) is 14.5. The Labute approximate surface area is 108 Å². The number of rotatable bonds is 6. The van der Waals surface area contributed by atoms with Crippen molar-refractivity contribution in [3.05, 3.63) is 29.8 Å². The van der Waals surface area contributed by atoms with E-state index in [2.05, 4.69) is 0 Å². The average molecular weight is 250 g/mol. The van der Waals surface area contributed by atoms with Gasteiger partial charge in [0.05, 0.1) is 0 Å². The summed E-state index contributed by atoms with van der Waals surface area (Å²) in [5, 5.41) is 9.26. The zero-order valence-corrected chi connectivity index (χ0v) is 11.3. The lowest BCUT2D eigenvalue weighted by Crippen LogP contribution is -2.39. The molecule has 2 atom stereocenters. The smallest absolute Gasteiger partial charge is 0.320 e. The molecule has 0 aliphatic heterocycles. The highest BCUT2D eigenvalue weighted by atomic mass is 16.4. The van der Waals surface area contributed by atoms with Crippen LogP contribution in [0, 0.1) is 0 Å². The molecule has 0 aliphatic rings. The second-order valence-corrected chi connectivity index (χ2v) is 4.65. The minimum Gasteiger partial charge on any atom is -0.480 e. The highest BCUT2D eigenvalue weighted by Crippen LogP contribution is 2.24. The van der Waals surface area contributed by atoms with Crippen molar-refractivity contribution < 1.29 is 9.90 Å². The summed E-state index contributed by atoms with van der Waals surface area (Å²) in [6, 6.07) is 7.17. The summed E-state index contributed by atoms with van der Waals surface area (Å²) in [5.41, 5.74) is 7.50. The summed E-state index contributed by atoms with van der Waals surface area (Å²) < 4.78 is 0. The summed E-state index contributed by atoms with van der Waals surface area (Å²) in [6.07, 6.45) is 1.50. The van der Waals surface area contributed by atoms with E-state index in [-0.39, 0.29) is 6.04 Å². The van der Waals surface area contributed by atoms with E-state index in [0.717, 1.165) is 12.0 Å². The fourth-order valence-electron chi connectivity index (χ4n) is 2.10. The third-order valence-corrected chi connectivity index (χ3v) is 3.34. The Kier molecular flexibility index (Phi) is 5.16. The maximum Gasteiger partial charge on any atom is 0.320 e. The molecule has 0 radical (unpaired) electrons. The van der Waals surface area contributed by atoms with Gasteiger partial charge < -0.3 is 10.8 Å². The van der Waals surface area contributed by atoms with Crippen LogP contribution in [0.15, 0.2) is 24.3 Å². The number of nitrogens with two attached hydrogens (primary N) is 1. The number of hydrogen-bond acceptors (Lipinski definition) is 3. The number of anilines is 1. The van der Waals surface area contributed by atoms with Gasteiger partial charge in [0.25, 0.3) is 0 Å². The number of carbonyl (C=O) groups is 1. The molecule has 0 saturated heterocycles. The lowest BCUT2D eigenvalue weighted by atomic mass is 10.0. The van der Waals surface area contributed by atoms with Crippen LogP contribution in [0.5, 0.6) is 0 Å². The van der Waals surface area contributed by atoms with E-state index < -0.39 is 12.0 Å². The highest BCUT2D eigenvalue weighted by Gasteiger charge is 2.26. The molecule has 0 fully saturated rings. The minimum atomic E-state index is -0.768. The lowest BCUT2D eigenvalue weighted by Gasteiger charge is -2.30. The van der Waals surface area contributed by atoms with Crippen LogP contribution in [0.1, 0.15) is 38.3 Å². The second kappa shape index (κ2) is 6.40. The zero-order valence-electron chi connectivity index (χ0n) is 11.3. The Bertz CT molecular complexity index is 407. The Morgan fingerprint density at radius 2 is 2.17 bits per heavy atom. The van der Waals surface area contributed by atoms with Gasteiger partial charge in [-0.05, 0) is 38.1 Å². The van der Waals surface area contributed by atoms with E-state index >= 15 is 0 Å². The van der Waals surface area contributed by atoms with Crippen molar-refractivity contribution in [2.45, 2.75) is 38.8 Å². The maximum absolute atomic E-state index is 11.3. The molecule has 4 heteroatoms. The first-order valence-corrected chi connectivity index (χ1v) is 6.27. The van der Waals surface area contributed by atoms with Gasteiger partial charge in [0.1, 0.15) is 6.04 Å². The first-order chi connectivity index (χ1) is 8.47. The number of likely N-dealkylation sites (N-methyl/N-ethyl adjacent to an activating group) is 1. The van der Waals surface area contributed by atoms with Crippen molar-refractivity contribution in [1.29, 1.82) is 0 Å². The van der Waals surface area contributed by atoms with Gasteiger partial charge in [-0.25, -0.2) is 0 Å². The summed E-state index contributed by atoms with van der Waals surface area (Å²) in [5.74, 6) is -0.768. The topological polar surface area (TPSA) is 66.6 Å². The van der Waals surface area contributed by atoms with Crippen LogP contribution in [0.25, 0.3) is 0 Å². The average Bonchev–Trinajstić information content (AvgIpc) is 2.33. The monoisotopic (exact) mass is 250 g/mol. The quantitative estimate of drug-likeness (QED) is 0.761. The minimum absolute atomic E-state index is 0.0288. The zero-order chi connectivity index (χ0) is 13.7. The number of nitrogens with zero attached hydrogens (tertiary/aromatic N) is 1. The van der Waals surface area contributed by atoms with Crippen LogP contribution in [0.2, 0.25) is 0 Å². The van der Waals surface area contributed by atoms with Gasteiger partial charge in [0, 0.05) is 11.7 Å². The number of carboxylic acids is 1. The maximum atomic E-state index is 11.3. The van der Waals surface area contributed by atoms with Crippen LogP contribution in [0.4, 0.5) is 5.69 Å². The fourth-order valence-corrected chi connectivity index (χ4v) is 2.10. The molecule has 18 heavy (non-hydrogen) atoms. The van der Waals surface area contributed by atoms with Crippen LogP contribution in [-0.4, -0.2) is 29.1 Å². The molecule has 3 N–H and O–H groups in total. The molecular weight excluding hydrogens is 228 g/mol. The molecular formula is C14H22N2O2. The lowest BCUT2D eigenvalue weighted by molar-refractivity contribution is -0.143. The molecule has 1 rings (SSSR count). The van der Waals surface area contributed by atoms with E-state index in [1.165, 1.54) is 0 Å². The SMILES string of the molecule is CCCC(C(=O)O)N(C)C(C)c1cccc(N)c1. The normalized spacial score (nSPS) is 14.4. The van der Waals surface area contributed by atoms with E-state index in [0.29, 0.717) is 12.1 Å². The van der Waals surface area contributed by atoms with Crippen molar-refractivity contribution >= 4 is 11.7 Å². The standard InChI is InChI=1S/C14H22N2O2/c1-4-6-13(14(17)18)16(3)10(2)11-7-5-8-12(15)9-11/h5,7-10,13H,4,6,15H2,1-3H3,(H,17,18). The van der Waals surface area contributed by atoms with Gasteiger partial charge in [0.15, 0.2) is 0 Å². The van der Waals surface area contributed by atoms with Crippen molar-refractivity contribution in [2.24, 2.45) is 0 Å². The molecule has 0 aromatic heterocycles. The number of nitrogen functional groups attached to an aromatic ring is 1. The molecule has 0 bridgehead atoms. The molecule has 1 aromatic rings. The van der Waals surface area contributed by atoms with Gasteiger partial charge in [-0.1, -0.05) is 25.5 Å². The predicted octanol–water partition coefficient (Wildman–Crippen LogP) is 2.51. The van der Waals surface area contributed by atoms with Crippen molar-refractivity contribution in [3.8, 4) is 0 Å².